The Morgan fingerprint density at radius 2 is 2.05 bits per heavy atom. The van der Waals surface area contributed by atoms with Crippen LogP contribution in [0, 0.1) is 5.82 Å². The number of aldehydes is 1. The van der Waals surface area contributed by atoms with Gasteiger partial charge in [-0.25, -0.2) is 4.39 Å². The topological polar surface area (TPSA) is 34.9 Å². The van der Waals surface area contributed by atoms with Crippen molar-refractivity contribution >= 4 is 6.29 Å². The van der Waals surface area contributed by atoms with Gasteiger partial charge in [0.2, 0.25) is 0 Å². The van der Waals surface area contributed by atoms with Crippen molar-refractivity contribution in [1.29, 1.82) is 0 Å². The Kier molecular flexibility index (Phi) is 3.37. The standard InChI is InChI=1S/C12H8F4N2O/c13-11-3-1-2-9(10(11)6-19)8-4-17-18(5-8)7-12(14,15)16/h1-6H,7H2. The molecule has 0 saturated heterocycles. The van der Waals surface area contributed by atoms with Crippen molar-refractivity contribution in [3.8, 4) is 11.1 Å². The van der Waals surface area contributed by atoms with Crippen LogP contribution in [0.25, 0.3) is 11.1 Å². The monoisotopic (exact) mass is 272 g/mol. The SMILES string of the molecule is O=Cc1c(F)cccc1-c1cnn(CC(F)(F)F)c1. The molecule has 0 amide bonds. The maximum atomic E-state index is 13.4. The first-order chi connectivity index (χ1) is 8.90. The molecule has 3 nitrogen and oxygen atoms in total. The molecule has 0 aliphatic rings. The number of hydrogen-bond donors (Lipinski definition) is 0. The lowest BCUT2D eigenvalue weighted by Gasteiger charge is -2.05. The summed E-state index contributed by atoms with van der Waals surface area (Å²) in [4.78, 5) is 10.8. The van der Waals surface area contributed by atoms with Gasteiger partial charge in [-0.05, 0) is 11.6 Å². The third-order valence-electron chi connectivity index (χ3n) is 2.46. The molecule has 1 heterocycles. The lowest BCUT2D eigenvalue weighted by molar-refractivity contribution is -0.142. The highest BCUT2D eigenvalue weighted by molar-refractivity contribution is 5.87. The van der Waals surface area contributed by atoms with Crippen molar-refractivity contribution in [3.05, 3.63) is 42.0 Å². The molecule has 2 rings (SSSR count). The number of aromatic nitrogens is 2. The number of halogens is 4. The molecule has 19 heavy (non-hydrogen) atoms. The molecule has 1 aromatic heterocycles. The minimum atomic E-state index is -4.39. The zero-order valence-electron chi connectivity index (χ0n) is 9.49. The van der Waals surface area contributed by atoms with E-state index >= 15 is 0 Å². The van der Waals surface area contributed by atoms with E-state index in [0.717, 1.165) is 18.5 Å². The fourth-order valence-corrected chi connectivity index (χ4v) is 1.68. The molecule has 0 fully saturated rings. The van der Waals surface area contributed by atoms with E-state index in [1.807, 2.05) is 0 Å². The second-order valence-electron chi connectivity index (χ2n) is 3.86. The molecule has 0 N–H and O–H groups in total. The maximum absolute atomic E-state index is 13.4. The smallest absolute Gasteiger partial charge is 0.298 e. The van der Waals surface area contributed by atoms with E-state index < -0.39 is 18.5 Å². The minimum absolute atomic E-state index is 0.200. The Hall–Kier alpha value is -2.18. The number of benzene rings is 1. The first kappa shape index (κ1) is 13.3. The summed E-state index contributed by atoms with van der Waals surface area (Å²) in [7, 11) is 0. The Morgan fingerprint density at radius 3 is 2.68 bits per heavy atom. The van der Waals surface area contributed by atoms with Crippen LogP contribution in [0.4, 0.5) is 17.6 Å². The zero-order valence-corrected chi connectivity index (χ0v) is 9.49. The predicted molar refractivity (Wildman–Crippen MR) is 59.1 cm³/mol. The second kappa shape index (κ2) is 4.83. The molecule has 2 aromatic rings. The second-order valence-corrected chi connectivity index (χ2v) is 3.86. The van der Waals surface area contributed by atoms with Gasteiger partial charge in [0, 0.05) is 11.8 Å². The third kappa shape index (κ3) is 2.98. The van der Waals surface area contributed by atoms with Crippen LogP contribution in [-0.2, 0) is 6.54 Å². The highest BCUT2D eigenvalue weighted by Crippen LogP contribution is 2.25. The molecule has 0 spiro atoms. The van der Waals surface area contributed by atoms with Gasteiger partial charge in [0.25, 0.3) is 0 Å². The molecule has 7 heteroatoms. The number of nitrogens with zero attached hydrogens (tertiary/aromatic N) is 2. The molecule has 0 aliphatic heterocycles. The Bertz CT molecular complexity index is 604. The largest absolute Gasteiger partial charge is 0.408 e. The summed E-state index contributed by atoms with van der Waals surface area (Å²) in [5.41, 5.74) is 0.267. The van der Waals surface area contributed by atoms with Crippen LogP contribution in [-0.4, -0.2) is 22.2 Å². The third-order valence-corrected chi connectivity index (χ3v) is 2.46. The van der Waals surface area contributed by atoms with Gasteiger partial charge in [0.05, 0.1) is 11.8 Å². The van der Waals surface area contributed by atoms with Crippen molar-refractivity contribution in [3.63, 3.8) is 0 Å². The minimum Gasteiger partial charge on any atom is -0.298 e. The highest BCUT2D eigenvalue weighted by atomic mass is 19.4. The number of alkyl halides is 3. The molecular formula is C12H8F4N2O. The van der Waals surface area contributed by atoms with E-state index in [2.05, 4.69) is 5.10 Å². The molecule has 0 radical (unpaired) electrons. The first-order valence-corrected chi connectivity index (χ1v) is 5.24. The summed E-state index contributed by atoms with van der Waals surface area (Å²) in [5.74, 6) is -0.726. The van der Waals surface area contributed by atoms with Gasteiger partial charge in [0.15, 0.2) is 6.29 Å². The van der Waals surface area contributed by atoms with E-state index in [0.29, 0.717) is 11.0 Å². The molecule has 0 unspecified atom stereocenters. The number of carbonyl (C=O) groups excluding carboxylic acids is 1. The van der Waals surface area contributed by atoms with Crippen LogP contribution >= 0.6 is 0 Å². The molecule has 0 aliphatic carbocycles. The quantitative estimate of drug-likeness (QED) is 0.635. The van der Waals surface area contributed by atoms with Gasteiger partial charge in [-0.1, -0.05) is 12.1 Å². The van der Waals surface area contributed by atoms with E-state index in [4.69, 9.17) is 0 Å². The fraction of sp³-hybridized carbons (Fsp3) is 0.167. The van der Waals surface area contributed by atoms with Crippen LogP contribution in [0.5, 0.6) is 0 Å². The van der Waals surface area contributed by atoms with E-state index in [1.54, 1.807) is 0 Å². The summed E-state index contributed by atoms with van der Waals surface area (Å²) < 4.78 is 50.6. The van der Waals surface area contributed by atoms with Gasteiger partial charge in [0.1, 0.15) is 12.4 Å². The summed E-state index contributed by atoms with van der Waals surface area (Å²) in [6.07, 6.45) is -1.78. The van der Waals surface area contributed by atoms with Crippen molar-refractivity contribution in [2.75, 3.05) is 0 Å². The van der Waals surface area contributed by atoms with E-state index in [1.165, 1.54) is 12.1 Å². The van der Waals surface area contributed by atoms with Gasteiger partial charge in [-0.3, -0.25) is 9.48 Å². The Morgan fingerprint density at radius 1 is 1.32 bits per heavy atom. The number of carbonyl (C=O) groups is 1. The highest BCUT2D eigenvalue weighted by Gasteiger charge is 2.28. The van der Waals surface area contributed by atoms with Crippen LogP contribution in [0.1, 0.15) is 10.4 Å². The van der Waals surface area contributed by atoms with Crippen molar-refractivity contribution in [2.45, 2.75) is 12.7 Å². The predicted octanol–water partition coefficient (Wildman–Crippen LogP) is 3.06. The van der Waals surface area contributed by atoms with Crippen LogP contribution in [0.3, 0.4) is 0 Å². The summed E-state index contributed by atoms with van der Waals surface area (Å²) >= 11 is 0. The summed E-state index contributed by atoms with van der Waals surface area (Å²) in [6.45, 7) is -1.24. The van der Waals surface area contributed by atoms with Gasteiger partial charge >= 0.3 is 6.18 Å². The van der Waals surface area contributed by atoms with Crippen LogP contribution in [0.2, 0.25) is 0 Å². The fourth-order valence-electron chi connectivity index (χ4n) is 1.68. The van der Waals surface area contributed by atoms with Crippen molar-refractivity contribution in [2.24, 2.45) is 0 Å². The van der Waals surface area contributed by atoms with E-state index in [9.17, 15) is 22.4 Å². The van der Waals surface area contributed by atoms with E-state index in [-0.39, 0.29) is 16.7 Å². The van der Waals surface area contributed by atoms with Gasteiger partial charge < -0.3 is 0 Å². The molecule has 100 valence electrons. The molecule has 0 bridgehead atoms. The summed E-state index contributed by atoms with van der Waals surface area (Å²) in [5, 5.41) is 3.54. The van der Waals surface area contributed by atoms with Crippen molar-refractivity contribution in [1.82, 2.24) is 9.78 Å². The molecule has 0 atom stereocenters. The molecule has 0 saturated carbocycles. The number of hydrogen-bond acceptors (Lipinski definition) is 2. The molecular weight excluding hydrogens is 264 g/mol. The van der Waals surface area contributed by atoms with Gasteiger partial charge in [-0.2, -0.15) is 18.3 Å². The average molecular weight is 272 g/mol. The Balaban J connectivity index is 2.38. The van der Waals surface area contributed by atoms with Gasteiger partial charge in [-0.15, -0.1) is 0 Å². The van der Waals surface area contributed by atoms with Crippen LogP contribution < -0.4 is 0 Å². The number of rotatable bonds is 3. The van der Waals surface area contributed by atoms with Crippen LogP contribution in [0.15, 0.2) is 30.6 Å². The average Bonchev–Trinajstić information content (AvgIpc) is 2.74. The Labute approximate surface area is 105 Å². The maximum Gasteiger partial charge on any atom is 0.408 e. The lowest BCUT2D eigenvalue weighted by atomic mass is 10.0. The zero-order chi connectivity index (χ0) is 14.0. The van der Waals surface area contributed by atoms with Crippen molar-refractivity contribution < 1.29 is 22.4 Å². The molecule has 1 aromatic carbocycles. The lowest BCUT2D eigenvalue weighted by Crippen LogP contribution is -2.17. The summed E-state index contributed by atoms with van der Waals surface area (Å²) in [6, 6.07) is 3.92. The first-order valence-electron chi connectivity index (χ1n) is 5.24. The normalized spacial score (nSPS) is 11.6.